The van der Waals surface area contributed by atoms with Crippen LogP contribution in [0.5, 0.6) is 5.75 Å². The predicted molar refractivity (Wildman–Crippen MR) is 96.2 cm³/mol. The van der Waals surface area contributed by atoms with Gasteiger partial charge in [0.1, 0.15) is 11.9 Å². The lowest BCUT2D eigenvalue weighted by Crippen LogP contribution is -2.46. The largest absolute Gasteiger partial charge is 0.506 e. The molecular formula is C19H20BrNO3. The Morgan fingerprint density at radius 3 is 2.67 bits per heavy atom. The van der Waals surface area contributed by atoms with E-state index >= 15 is 0 Å². The van der Waals surface area contributed by atoms with Gasteiger partial charge in [-0.3, -0.25) is 4.79 Å². The predicted octanol–water partition coefficient (Wildman–Crippen LogP) is 4.07. The summed E-state index contributed by atoms with van der Waals surface area (Å²) in [6, 6.07) is 13.4. The molecule has 2 aromatic carbocycles. The molecule has 0 aliphatic carbocycles. The van der Waals surface area contributed by atoms with Crippen LogP contribution in [0, 0.1) is 6.92 Å². The van der Waals surface area contributed by atoms with Crippen LogP contribution in [-0.2, 0) is 4.74 Å². The Morgan fingerprint density at radius 1 is 1.25 bits per heavy atom. The third-order valence-corrected chi connectivity index (χ3v) is 4.76. The third kappa shape index (κ3) is 3.47. The number of halogens is 1. The van der Waals surface area contributed by atoms with Gasteiger partial charge in [0.25, 0.3) is 5.91 Å². The fourth-order valence-corrected chi connectivity index (χ4v) is 3.61. The van der Waals surface area contributed by atoms with Crippen molar-refractivity contribution in [2.75, 3.05) is 13.1 Å². The molecule has 2 atom stereocenters. The van der Waals surface area contributed by atoms with Gasteiger partial charge in [-0.05, 0) is 53.0 Å². The average Bonchev–Trinajstić information content (AvgIpc) is 2.57. The summed E-state index contributed by atoms with van der Waals surface area (Å²) in [6.45, 7) is 4.84. The van der Waals surface area contributed by atoms with Gasteiger partial charge >= 0.3 is 0 Å². The minimum Gasteiger partial charge on any atom is -0.506 e. The molecule has 1 N–H and O–H groups in total. The SMILES string of the molecule is Cc1cc(Br)c(O)c(C(=O)N2C[C@@H](C)O[C@@H](c3ccccc3)C2)c1. The van der Waals surface area contributed by atoms with Crippen LogP contribution in [0.15, 0.2) is 46.9 Å². The molecule has 0 spiro atoms. The number of aryl methyl sites for hydroxylation is 1. The molecule has 1 aliphatic rings. The Bertz CT molecular complexity index is 748. The lowest BCUT2D eigenvalue weighted by Gasteiger charge is -2.37. The first-order valence-electron chi connectivity index (χ1n) is 7.94. The van der Waals surface area contributed by atoms with Crippen LogP contribution in [0.4, 0.5) is 0 Å². The Hall–Kier alpha value is -1.85. The normalized spacial score (nSPS) is 20.9. The molecule has 0 unspecified atom stereocenters. The number of amides is 1. The molecule has 24 heavy (non-hydrogen) atoms. The number of hydrogen-bond donors (Lipinski definition) is 1. The number of morpholine rings is 1. The monoisotopic (exact) mass is 389 g/mol. The topological polar surface area (TPSA) is 49.8 Å². The Morgan fingerprint density at radius 2 is 1.96 bits per heavy atom. The number of carbonyl (C=O) groups excluding carboxylic acids is 1. The Kier molecular flexibility index (Phi) is 4.92. The van der Waals surface area contributed by atoms with Crippen molar-refractivity contribution in [1.82, 2.24) is 4.90 Å². The molecule has 5 heteroatoms. The number of nitrogens with zero attached hydrogens (tertiary/aromatic N) is 1. The van der Waals surface area contributed by atoms with Crippen LogP contribution < -0.4 is 0 Å². The molecule has 1 saturated heterocycles. The molecule has 0 radical (unpaired) electrons. The summed E-state index contributed by atoms with van der Waals surface area (Å²) in [5.41, 5.74) is 2.29. The van der Waals surface area contributed by atoms with Crippen molar-refractivity contribution in [1.29, 1.82) is 0 Å². The van der Waals surface area contributed by atoms with Gasteiger partial charge < -0.3 is 14.7 Å². The second-order valence-corrected chi connectivity index (χ2v) is 7.05. The van der Waals surface area contributed by atoms with Crippen molar-refractivity contribution in [3.05, 3.63) is 63.6 Å². The smallest absolute Gasteiger partial charge is 0.257 e. The van der Waals surface area contributed by atoms with Crippen molar-refractivity contribution >= 4 is 21.8 Å². The molecule has 4 nitrogen and oxygen atoms in total. The van der Waals surface area contributed by atoms with Crippen LogP contribution in [0.2, 0.25) is 0 Å². The van der Waals surface area contributed by atoms with E-state index in [9.17, 15) is 9.90 Å². The van der Waals surface area contributed by atoms with E-state index in [0.29, 0.717) is 23.1 Å². The zero-order valence-electron chi connectivity index (χ0n) is 13.7. The van der Waals surface area contributed by atoms with E-state index in [1.54, 1.807) is 17.0 Å². The first-order valence-corrected chi connectivity index (χ1v) is 8.74. The zero-order valence-corrected chi connectivity index (χ0v) is 15.3. The summed E-state index contributed by atoms with van der Waals surface area (Å²) in [5.74, 6) is -0.186. The van der Waals surface area contributed by atoms with Crippen LogP contribution >= 0.6 is 15.9 Å². The van der Waals surface area contributed by atoms with Gasteiger partial charge in [0.05, 0.1) is 22.7 Å². The molecule has 2 aromatic rings. The highest BCUT2D eigenvalue weighted by Gasteiger charge is 2.31. The molecule has 126 valence electrons. The maximum Gasteiger partial charge on any atom is 0.257 e. The molecule has 3 rings (SSSR count). The number of carbonyl (C=O) groups is 1. The standard InChI is InChI=1S/C19H20BrNO3/c1-12-8-15(18(22)16(20)9-12)19(23)21-10-13(2)24-17(11-21)14-6-4-3-5-7-14/h3-9,13,17,22H,10-11H2,1-2H3/t13-,17-/m1/s1. The Balaban J connectivity index is 1.87. The summed E-state index contributed by atoms with van der Waals surface area (Å²) in [5, 5.41) is 10.2. The number of phenols is 1. The van der Waals surface area contributed by atoms with Gasteiger partial charge in [-0.25, -0.2) is 0 Å². The van der Waals surface area contributed by atoms with E-state index in [4.69, 9.17) is 4.74 Å². The molecule has 1 amide bonds. The van der Waals surface area contributed by atoms with Gasteiger partial charge in [-0.15, -0.1) is 0 Å². The van der Waals surface area contributed by atoms with E-state index in [1.165, 1.54) is 0 Å². The number of ether oxygens (including phenoxy) is 1. The number of benzene rings is 2. The van der Waals surface area contributed by atoms with E-state index in [2.05, 4.69) is 15.9 Å². The van der Waals surface area contributed by atoms with E-state index in [0.717, 1.165) is 11.1 Å². The van der Waals surface area contributed by atoms with Crippen LogP contribution in [0.1, 0.15) is 34.5 Å². The zero-order chi connectivity index (χ0) is 17.3. The summed E-state index contributed by atoms with van der Waals surface area (Å²) in [4.78, 5) is 14.7. The summed E-state index contributed by atoms with van der Waals surface area (Å²) >= 11 is 3.30. The van der Waals surface area contributed by atoms with Crippen LogP contribution in [-0.4, -0.2) is 35.1 Å². The highest BCUT2D eigenvalue weighted by Crippen LogP contribution is 2.32. The van der Waals surface area contributed by atoms with Crippen molar-refractivity contribution < 1.29 is 14.6 Å². The molecule has 1 aliphatic heterocycles. The molecular weight excluding hydrogens is 370 g/mol. The fraction of sp³-hybridized carbons (Fsp3) is 0.316. The fourth-order valence-electron chi connectivity index (χ4n) is 3.04. The molecule has 0 bridgehead atoms. The lowest BCUT2D eigenvalue weighted by molar-refractivity contribution is -0.0692. The van der Waals surface area contributed by atoms with Crippen molar-refractivity contribution in [2.45, 2.75) is 26.1 Å². The average molecular weight is 390 g/mol. The second kappa shape index (κ2) is 6.95. The van der Waals surface area contributed by atoms with Crippen LogP contribution in [0.3, 0.4) is 0 Å². The van der Waals surface area contributed by atoms with E-state index < -0.39 is 0 Å². The molecule has 0 saturated carbocycles. The van der Waals surface area contributed by atoms with Gasteiger partial charge in [0.15, 0.2) is 0 Å². The summed E-state index contributed by atoms with van der Waals surface area (Å²) in [7, 11) is 0. The molecule has 0 aromatic heterocycles. The maximum atomic E-state index is 12.9. The van der Waals surface area contributed by atoms with Crippen molar-refractivity contribution in [2.24, 2.45) is 0 Å². The minimum atomic E-state index is -0.173. The van der Waals surface area contributed by atoms with Crippen LogP contribution in [0.25, 0.3) is 0 Å². The molecule has 1 heterocycles. The first kappa shape index (κ1) is 17.0. The highest BCUT2D eigenvalue weighted by atomic mass is 79.9. The number of rotatable bonds is 2. The lowest BCUT2D eigenvalue weighted by atomic mass is 10.0. The molecule has 1 fully saturated rings. The number of hydrogen-bond acceptors (Lipinski definition) is 3. The number of phenolic OH excluding ortho intramolecular Hbond substituents is 1. The van der Waals surface area contributed by atoms with Crippen molar-refractivity contribution in [3.63, 3.8) is 0 Å². The highest BCUT2D eigenvalue weighted by molar-refractivity contribution is 9.10. The quantitative estimate of drug-likeness (QED) is 0.841. The van der Waals surface area contributed by atoms with Gasteiger partial charge in [0, 0.05) is 6.54 Å². The summed E-state index contributed by atoms with van der Waals surface area (Å²) in [6.07, 6.45) is -0.224. The first-order chi connectivity index (χ1) is 11.5. The number of aromatic hydroxyl groups is 1. The minimum absolute atomic E-state index is 0.0130. The second-order valence-electron chi connectivity index (χ2n) is 6.20. The Labute approximate surface area is 150 Å². The van der Waals surface area contributed by atoms with Gasteiger partial charge in [0.2, 0.25) is 0 Å². The summed E-state index contributed by atoms with van der Waals surface area (Å²) < 4.78 is 6.53. The van der Waals surface area contributed by atoms with Crippen molar-refractivity contribution in [3.8, 4) is 5.75 Å². The van der Waals surface area contributed by atoms with E-state index in [1.807, 2.05) is 44.2 Å². The van der Waals surface area contributed by atoms with E-state index in [-0.39, 0.29) is 23.9 Å². The maximum absolute atomic E-state index is 12.9. The van der Waals surface area contributed by atoms with Gasteiger partial charge in [-0.1, -0.05) is 30.3 Å². The third-order valence-electron chi connectivity index (χ3n) is 4.16. The van der Waals surface area contributed by atoms with Gasteiger partial charge in [-0.2, -0.15) is 0 Å².